The van der Waals surface area contributed by atoms with Gasteiger partial charge in [0, 0.05) is 5.57 Å². The van der Waals surface area contributed by atoms with Gasteiger partial charge in [-0.05, 0) is 13.8 Å². The summed E-state index contributed by atoms with van der Waals surface area (Å²) in [6.07, 6.45) is 1.56. The molecule has 8 heavy (non-hydrogen) atoms. The first-order valence-corrected chi connectivity index (χ1v) is 2.04. The van der Waals surface area contributed by atoms with Crippen molar-refractivity contribution in [3.05, 3.63) is 11.6 Å². The van der Waals surface area contributed by atoms with E-state index in [0.29, 0.717) is 5.57 Å². The Hall–Kier alpha value is 0.210. The fourth-order valence-electron chi connectivity index (χ4n) is 0.123. The Labute approximate surface area is 70.9 Å². The van der Waals surface area contributed by atoms with Crippen LogP contribution in [-0.4, -0.2) is 40.6 Å². The van der Waals surface area contributed by atoms with E-state index in [2.05, 4.69) is 0 Å². The van der Waals surface area contributed by atoms with Crippen LogP contribution in [0.5, 0.6) is 0 Å². The second-order valence-electron chi connectivity index (χ2n) is 1.28. The summed E-state index contributed by atoms with van der Waals surface area (Å²) in [5, 5.41) is 8.11. The number of aliphatic carboxylic acids is 1. The number of carboxylic acids is 1. The van der Waals surface area contributed by atoms with Gasteiger partial charge in [0.15, 0.2) is 0 Å². The number of carboxylic acid groups (broad SMARTS) is 1. The van der Waals surface area contributed by atoms with Gasteiger partial charge in [0.05, 0.1) is 0 Å². The van der Waals surface area contributed by atoms with E-state index in [1.807, 2.05) is 0 Å². The minimum atomic E-state index is -0.845. The average molecular weight is 124 g/mol. The van der Waals surface area contributed by atoms with Gasteiger partial charge in [0.1, 0.15) is 0 Å². The fraction of sp³-hybridized carbons (Fsp3) is 0.400. The third-order valence-electron chi connectivity index (χ3n) is 0.770. The summed E-state index contributed by atoms with van der Waals surface area (Å²) in [5.74, 6) is -0.845. The quantitative estimate of drug-likeness (QED) is 0.405. The predicted molar refractivity (Wildman–Crippen MR) is 34.2 cm³/mol. The van der Waals surface area contributed by atoms with E-state index >= 15 is 0 Å². The number of carbonyl (C=O) groups is 1. The summed E-state index contributed by atoms with van der Waals surface area (Å²) in [4.78, 5) is 9.86. The average Bonchev–Trinajstić information content (AvgIpc) is 1.65. The van der Waals surface area contributed by atoms with Gasteiger partial charge in [-0.1, -0.05) is 6.08 Å². The van der Waals surface area contributed by atoms with Crippen LogP contribution in [0.15, 0.2) is 11.6 Å². The first-order valence-electron chi connectivity index (χ1n) is 2.04. The topological polar surface area (TPSA) is 37.3 Å². The van der Waals surface area contributed by atoms with Crippen molar-refractivity contribution in [3.63, 3.8) is 0 Å². The summed E-state index contributed by atoms with van der Waals surface area (Å²) in [7, 11) is 0. The Morgan fingerprint density at radius 3 is 2.00 bits per heavy atom. The minimum absolute atomic E-state index is 0. The van der Waals surface area contributed by atoms with Crippen LogP contribution in [0.2, 0.25) is 0 Å². The van der Waals surface area contributed by atoms with Crippen LogP contribution in [0.4, 0.5) is 0 Å². The van der Waals surface area contributed by atoms with E-state index in [4.69, 9.17) is 5.11 Å². The molecule has 0 aliphatic heterocycles. The third-order valence-corrected chi connectivity index (χ3v) is 0.770. The molecule has 0 aromatic heterocycles. The SMILES string of the molecule is CC=C(C)C(=O)O.[NaH]. The Morgan fingerprint density at radius 1 is 1.62 bits per heavy atom. The molecule has 0 spiro atoms. The molecule has 0 aromatic carbocycles. The summed E-state index contributed by atoms with van der Waals surface area (Å²) in [6.45, 7) is 3.26. The second-order valence-corrected chi connectivity index (χ2v) is 1.28. The van der Waals surface area contributed by atoms with E-state index in [0.717, 1.165) is 0 Å². The Balaban J connectivity index is 0. The van der Waals surface area contributed by atoms with Crippen LogP contribution in [0.1, 0.15) is 13.8 Å². The van der Waals surface area contributed by atoms with Crippen molar-refractivity contribution in [3.8, 4) is 0 Å². The number of hydrogen-bond donors (Lipinski definition) is 1. The van der Waals surface area contributed by atoms with Crippen molar-refractivity contribution in [1.29, 1.82) is 0 Å². The van der Waals surface area contributed by atoms with Crippen molar-refractivity contribution < 1.29 is 9.90 Å². The Morgan fingerprint density at radius 2 is 2.00 bits per heavy atom. The zero-order valence-electron chi connectivity index (χ0n) is 4.43. The van der Waals surface area contributed by atoms with E-state index in [9.17, 15) is 4.79 Å². The van der Waals surface area contributed by atoms with Crippen LogP contribution >= 0.6 is 0 Å². The molecule has 0 aliphatic rings. The molecule has 42 valence electrons. The molecule has 3 heteroatoms. The summed E-state index contributed by atoms with van der Waals surface area (Å²) in [5.41, 5.74) is 0.389. The molecule has 0 aliphatic carbocycles. The maximum absolute atomic E-state index is 9.86. The second kappa shape index (κ2) is 5.35. The van der Waals surface area contributed by atoms with Crippen molar-refractivity contribution in [1.82, 2.24) is 0 Å². The van der Waals surface area contributed by atoms with Crippen molar-refractivity contribution in [2.75, 3.05) is 0 Å². The summed E-state index contributed by atoms with van der Waals surface area (Å²) < 4.78 is 0. The first-order chi connectivity index (χ1) is 3.18. The van der Waals surface area contributed by atoms with Gasteiger partial charge >= 0.3 is 35.5 Å². The molecule has 0 radical (unpaired) electrons. The van der Waals surface area contributed by atoms with Crippen molar-refractivity contribution in [2.45, 2.75) is 13.8 Å². The van der Waals surface area contributed by atoms with Gasteiger partial charge in [-0.15, -0.1) is 0 Å². The molecule has 0 fully saturated rings. The Kier molecular flexibility index (Phi) is 7.40. The standard InChI is InChI=1S/C5H8O2.Na.H/c1-3-4(2)5(6)7;;/h3H,1-2H3,(H,6,7);;. The van der Waals surface area contributed by atoms with Crippen LogP contribution in [0.3, 0.4) is 0 Å². The zero-order valence-corrected chi connectivity index (χ0v) is 4.43. The van der Waals surface area contributed by atoms with Crippen LogP contribution < -0.4 is 0 Å². The maximum atomic E-state index is 9.86. The molecule has 0 rings (SSSR count). The molecule has 0 bridgehead atoms. The van der Waals surface area contributed by atoms with Gasteiger partial charge in [-0.2, -0.15) is 0 Å². The van der Waals surface area contributed by atoms with E-state index in [1.165, 1.54) is 0 Å². The van der Waals surface area contributed by atoms with Crippen molar-refractivity contribution in [2.24, 2.45) is 0 Å². The van der Waals surface area contributed by atoms with E-state index < -0.39 is 5.97 Å². The zero-order chi connectivity index (χ0) is 5.86. The molecule has 0 heterocycles. The van der Waals surface area contributed by atoms with Gasteiger partial charge in [0.25, 0.3) is 0 Å². The summed E-state index contributed by atoms with van der Waals surface area (Å²) >= 11 is 0. The Bertz CT molecular complexity index is 107. The molecular weight excluding hydrogens is 115 g/mol. The molecule has 0 saturated heterocycles. The molecule has 0 amide bonds. The third kappa shape index (κ3) is 4.37. The van der Waals surface area contributed by atoms with E-state index in [-0.39, 0.29) is 29.6 Å². The number of hydrogen-bond acceptors (Lipinski definition) is 1. The molecule has 0 atom stereocenters. The molecule has 2 nitrogen and oxygen atoms in total. The molecule has 0 unspecified atom stereocenters. The molecular formula is C5H9NaO2. The van der Waals surface area contributed by atoms with Crippen LogP contribution in [-0.2, 0) is 4.79 Å². The molecule has 0 saturated carbocycles. The van der Waals surface area contributed by atoms with Crippen LogP contribution in [0.25, 0.3) is 0 Å². The van der Waals surface area contributed by atoms with Gasteiger partial charge in [0.2, 0.25) is 0 Å². The van der Waals surface area contributed by atoms with Gasteiger partial charge in [-0.3, -0.25) is 0 Å². The van der Waals surface area contributed by atoms with Gasteiger partial charge in [-0.25, -0.2) is 4.79 Å². The van der Waals surface area contributed by atoms with Gasteiger partial charge < -0.3 is 5.11 Å². The van der Waals surface area contributed by atoms with Crippen molar-refractivity contribution >= 4 is 35.5 Å². The fourth-order valence-corrected chi connectivity index (χ4v) is 0.123. The molecule has 1 N–H and O–H groups in total. The number of rotatable bonds is 1. The molecule has 0 aromatic rings. The predicted octanol–water partition coefficient (Wildman–Crippen LogP) is 0.389. The summed E-state index contributed by atoms with van der Waals surface area (Å²) in [6, 6.07) is 0. The monoisotopic (exact) mass is 124 g/mol. The number of allylic oxidation sites excluding steroid dienone is 1. The normalized spacial score (nSPS) is 10.0. The first kappa shape index (κ1) is 11.1. The van der Waals surface area contributed by atoms with Crippen LogP contribution in [0, 0.1) is 0 Å². The van der Waals surface area contributed by atoms with E-state index in [1.54, 1.807) is 19.9 Å².